The van der Waals surface area contributed by atoms with Gasteiger partial charge in [0.25, 0.3) is 0 Å². The molecule has 0 bridgehead atoms. The molecule has 5 nitrogen and oxygen atoms in total. The van der Waals surface area contributed by atoms with Crippen LogP contribution in [0.2, 0.25) is 0 Å². The van der Waals surface area contributed by atoms with Crippen LogP contribution in [0.3, 0.4) is 0 Å². The third kappa shape index (κ3) is 4.89. The van der Waals surface area contributed by atoms with Crippen molar-refractivity contribution in [2.75, 3.05) is 17.7 Å². The summed E-state index contributed by atoms with van der Waals surface area (Å²) in [7, 11) is 0. The smallest absolute Gasteiger partial charge is 0.234 e. The van der Waals surface area contributed by atoms with Crippen molar-refractivity contribution in [3.63, 3.8) is 0 Å². The Morgan fingerprint density at radius 1 is 1.21 bits per heavy atom. The van der Waals surface area contributed by atoms with E-state index < -0.39 is 0 Å². The standard InChI is InChI=1S/C23H25N3O2S/c1-17-8-5-6-12-20(17)25-22(27)16-29-23-24-14-21(18-9-3-2-4-10-18)26(23)15-19-11-7-13-28-19/h2-6,8-10,12,14,19H,7,11,13,15-16H2,1H3,(H,25,27)/t19-/m0/s1. The van der Waals surface area contributed by atoms with E-state index in [-0.39, 0.29) is 12.0 Å². The molecule has 1 fully saturated rings. The fraction of sp³-hybridized carbons (Fsp3) is 0.304. The zero-order valence-corrected chi connectivity index (χ0v) is 17.3. The van der Waals surface area contributed by atoms with Crippen LogP contribution in [0.15, 0.2) is 66.0 Å². The summed E-state index contributed by atoms with van der Waals surface area (Å²) in [6, 6.07) is 18.0. The van der Waals surface area contributed by atoms with Crippen molar-refractivity contribution in [2.24, 2.45) is 0 Å². The molecular formula is C23H25N3O2S. The van der Waals surface area contributed by atoms with E-state index in [0.29, 0.717) is 5.75 Å². The third-order valence-electron chi connectivity index (χ3n) is 5.05. The maximum absolute atomic E-state index is 12.5. The Bertz CT molecular complexity index is 965. The number of thioether (sulfide) groups is 1. The second kappa shape index (κ2) is 9.29. The van der Waals surface area contributed by atoms with Crippen molar-refractivity contribution >= 4 is 23.4 Å². The zero-order chi connectivity index (χ0) is 20.1. The van der Waals surface area contributed by atoms with Gasteiger partial charge in [-0.2, -0.15) is 0 Å². The number of aryl methyl sites for hydroxylation is 1. The Balaban J connectivity index is 1.49. The average Bonchev–Trinajstić information content (AvgIpc) is 3.39. The largest absolute Gasteiger partial charge is 0.376 e. The van der Waals surface area contributed by atoms with Gasteiger partial charge in [0, 0.05) is 12.3 Å². The minimum Gasteiger partial charge on any atom is -0.376 e. The van der Waals surface area contributed by atoms with Gasteiger partial charge >= 0.3 is 0 Å². The molecule has 1 saturated heterocycles. The van der Waals surface area contributed by atoms with Crippen molar-refractivity contribution in [1.29, 1.82) is 0 Å². The fourth-order valence-electron chi connectivity index (χ4n) is 3.51. The number of para-hydroxylation sites is 1. The first-order valence-corrected chi connectivity index (χ1v) is 10.9. The Labute approximate surface area is 175 Å². The zero-order valence-electron chi connectivity index (χ0n) is 16.5. The number of carbonyl (C=O) groups excluding carboxylic acids is 1. The molecule has 1 aromatic heterocycles. The highest BCUT2D eigenvalue weighted by Crippen LogP contribution is 2.28. The van der Waals surface area contributed by atoms with Gasteiger partial charge in [0.2, 0.25) is 5.91 Å². The maximum Gasteiger partial charge on any atom is 0.234 e. The fourth-order valence-corrected chi connectivity index (χ4v) is 4.30. The second-order valence-electron chi connectivity index (χ2n) is 7.19. The number of nitrogens with zero attached hydrogens (tertiary/aromatic N) is 2. The van der Waals surface area contributed by atoms with Crippen molar-refractivity contribution in [1.82, 2.24) is 9.55 Å². The minimum atomic E-state index is -0.0303. The number of imidazole rings is 1. The second-order valence-corrected chi connectivity index (χ2v) is 8.13. The Hall–Kier alpha value is -2.57. The van der Waals surface area contributed by atoms with E-state index >= 15 is 0 Å². The maximum atomic E-state index is 12.5. The topological polar surface area (TPSA) is 56.2 Å². The van der Waals surface area contributed by atoms with Gasteiger partial charge in [-0.15, -0.1) is 0 Å². The van der Waals surface area contributed by atoms with E-state index in [1.807, 2.05) is 55.6 Å². The monoisotopic (exact) mass is 407 g/mol. The van der Waals surface area contributed by atoms with Gasteiger partial charge in [-0.05, 0) is 37.0 Å². The molecule has 1 aliphatic heterocycles. The molecule has 2 aromatic carbocycles. The van der Waals surface area contributed by atoms with E-state index in [4.69, 9.17) is 4.74 Å². The summed E-state index contributed by atoms with van der Waals surface area (Å²) in [5, 5.41) is 3.84. The molecule has 3 aromatic rings. The van der Waals surface area contributed by atoms with Crippen molar-refractivity contribution < 1.29 is 9.53 Å². The normalized spacial score (nSPS) is 16.1. The molecule has 0 saturated carbocycles. The SMILES string of the molecule is Cc1ccccc1NC(=O)CSc1ncc(-c2ccccc2)n1C[C@@H]1CCCO1. The van der Waals surface area contributed by atoms with Crippen molar-refractivity contribution in [2.45, 2.75) is 37.6 Å². The number of ether oxygens (including phenoxy) is 1. The van der Waals surface area contributed by atoms with Gasteiger partial charge in [-0.1, -0.05) is 60.3 Å². The summed E-state index contributed by atoms with van der Waals surface area (Å²) in [5.41, 5.74) is 4.08. The van der Waals surface area contributed by atoms with E-state index in [0.717, 1.165) is 53.7 Å². The minimum absolute atomic E-state index is 0.0303. The summed E-state index contributed by atoms with van der Waals surface area (Å²) in [5.74, 6) is 0.280. The van der Waals surface area contributed by atoms with Gasteiger partial charge in [-0.25, -0.2) is 4.98 Å². The first-order valence-electron chi connectivity index (χ1n) is 9.91. The van der Waals surface area contributed by atoms with Crippen LogP contribution in [-0.4, -0.2) is 33.9 Å². The van der Waals surface area contributed by atoms with Crippen LogP contribution in [0.4, 0.5) is 5.69 Å². The lowest BCUT2D eigenvalue weighted by molar-refractivity contribution is -0.113. The highest BCUT2D eigenvalue weighted by atomic mass is 32.2. The predicted octanol–water partition coefficient (Wildman–Crippen LogP) is 4.77. The number of nitrogens with one attached hydrogen (secondary N) is 1. The van der Waals surface area contributed by atoms with E-state index in [1.54, 1.807) is 0 Å². The van der Waals surface area contributed by atoms with Crippen LogP contribution in [-0.2, 0) is 16.1 Å². The van der Waals surface area contributed by atoms with Crippen LogP contribution in [0.1, 0.15) is 18.4 Å². The number of hydrogen-bond acceptors (Lipinski definition) is 4. The van der Waals surface area contributed by atoms with E-state index in [1.165, 1.54) is 11.8 Å². The molecule has 150 valence electrons. The lowest BCUT2D eigenvalue weighted by Gasteiger charge is -2.16. The summed E-state index contributed by atoms with van der Waals surface area (Å²) >= 11 is 1.46. The molecule has 2 heterocycles. The number of rotatable bonds is 7. The van der Waals surface area contributed by atoms with Gasteiger partial charge in [0.05, 0.1) is 30.3 Å². The summed E-state index contributed by atoms with van der Waals surface area (Å²) in [6.07, 6.45) is 4.25. The van der Waals surface area contributed by atoms with Crippen LogP contribution in [0, 0.1) is 6.92 Å². The number of carbonyl (C=O) groups is 1. The van der Waals surface area contributed by atoms with Gasteiger partial charge < -0.3 is 14.6 Å². The highest BCUT2D eigenvalue weighted by molar-refractivity contribution is 7.99. The summed E-state index contributed by atoms with van der Waals surface area (Å²) in [4.78, 5) is 17.1. The number of amides is 1. The number of anilines is 1. The molecule has 0 aliphatic carbocycles. The molecule has 1 atom stereocenters. The molecule has 0 radical (unpaired) electrons. The molecule has 4 rings (SSSR count). The molecular weight excluding hydrogens is 382 g/mol. The van der Waals surface area contributed by atoms with Crippen LogP contribution in [0.25, 0.3) is 11.3 Å². The molecule has 0 spiro atoms. The Kier molecular flexibility index (Phi) is 6.32. The Morgan fingerprint density at radius 2 is 2.00 bits per heavy atom. The van der Waals surface area contributed by atoms with Crippen molar-refractivity contribution in [3.05, 3.63) is 66.4 Å². The van der Waals surface area contributed by atoms with Gasteiger partial charge in [0.1, 0.15) is 0 Å². The number of aromatic nitrogens is 2. The Morgan fingerprint density at radius 3 is 2.76 bits per heavy atom. The van der Waals surface area contributed by atoms with Gasteiger partial charge in [0.15, 0.2) is 5.16 Å². The number of hydrogen-bond donors (Lipinski definition) is 1. The molecule has 1 aliphatic rings. The van der Waals surface area contributed by atoms with Crippen LogP contribution >= 0.6 is 11.8 Å². The molecule has 29 heavy (non-hydrogen) atoms. The van der Waals surface area contributed by atoms with E-state index in [9.17, 15) is 4.79 Å². The predicted molar refractivity (Wildman–Crippen MR) is 117 cm³/mol. The highest BCUT2D eigenvalue weighted by Gasteiger charge is 2.21. The van der Waals surface area contributed by atoms with Crippen LogP contribution < -0.4 is 5.32 Å². The first-order chi connectivity index (χ1) is 14.2. The number of benzene rings is 2. The quantitative estimate of drug-likeness (QED) is 0.573. The molecule has 0 unspecified atom stereocenters. The van der Waals surface area contributed by atoms with E-state index in [2.05, 4.69) is 27.0 Å². The lowest BCUT2D eigenvalue weighted by Crippen LogP contribution is -2.18. The summed E-state index contributed by atoms with van der Waals surface area (Å²) < 4.78 is 8.04. The lowest BCUT2D eigenvalue weighted by atomic mass is 10.1. The summed E-state index contributed by atoms with van der Waals surface area (Å²) in [6.45, 7) is 3.57. The van der Waals surface area contributed by atoms with Crippen LogP contribution in [0.5, 0.6) is 0 Å². The van der Waals surface area contributed by atoms with Crippen molar-refractivity contribution in [3.8, 4) is 11.3 Å². The average molecular weight is 408 g/mol. The molecule has 1 N–H and O–H groups in total. The molecule has 1 amide bonds. The molecule has 6 heteroatoms. The van der Waals surface area contributed by atoms with Gasteiger partial charge in [-0.3, -0.25) is 4.79 Å². The third-order valence-corrected chi connectivity index (χ3v) is 6.04. The first kappa shape index (κ1) is 19.7.